The Bertz CT molecular complexity index is 802. The second kappa shape index (κ2) is 6.64. The van der Waals surface area contributed by atoms with Crippen molar-refractivity contribution < 1.29 is 13.5 Å². The molecule has 130 valence electrons. The van der Waals surface area contributed by atoms with Crippen LogP contribution in [0.15, 0.2) is 36.4 Å². The van der Waals surface area contributed by atoms with E-state index in [-0.39, 0.29) is 6.54 Å². The summed E-state index contributed by atoms with van der Waals surface area (Å²) in [6.07, 6.45) is -0.132. The molecule has 0 bridgehead atoms. The number of aromatic nitrogens is 2. The molecule has 8 heteroatoms. The van der Waals surface area contributed by atoms with Gasteiger partial charge >= 0.3 is 0 Å². The van der Waals surface area contributed by atoms with Gasteiger partial charge in [0.2, 0.25) is 0 Å². The fourth-order valence-corrected chi connectivity index (χ4v) is 3.94. The molecule has 1 N–H and O–H groups in total. The summed E-state index contributed by atoms with van der Waals surface area (Å²) in [5.41, 5.74) is 2.10. The maximum absolute atomic E-state index is 12.4. The monoisotopic (exact) mass is 350 g/mol. The van der Waals surface area contributed by atoms with Crippen LogP contribution in [0.2, 0.25) is 0 Å². The van der Waals surface area contributed by atoms with Crippen LogP contribution in [0.3, 0.4) is 0 Å². The lowest BCUT2D eigenvalue weighted by Crippen LogP contribution is -2.39. The number of aliphatic hydroxyl groups is 1. The highest BCUT2D eigenvalue weighted by molar-refractivity contribution is 7.86. The molecule has 0 aliphatic carbocycles. The van der Waals surface area contributed by atoms with Crippen LogP contribution in [0, 0.1) is 0 Å². The average Bonchev–Trinajstić information content (AvgIpc) is 2.86. The van der Waals surface area contributed by atoms with Gasteiger partial charge in [0.15, 0.2) is 0 Å². The van der Waals surface area contributed by atoms with Crippen LogP contribution in [0.5, 0.6) is 0 Å². The summed E-state index contributed by atoms with van der Waals surface area (Å²) < 4.78 is 29.2. The lowest BCUT2D eigenvalue weighted by atomic mass is 10.1. The maximum atomic E-state index is 12.4. The molecule has 3 rings (SSSR count). The molecule has 7 nitrogen and oxygen atoms in total. The zero-order valence-corrected chi connectivity index (χ0v) is 14.6. The first-order valence-corrected chi connectivity index (χ1v) is 9.26. The molecule has 24 heavy (non-hydrogen) atoms. The Hall–Kier alpha value is -1.74. The Kier molecular flexibility index (Phi) is 4.73. The predicted octanol–water partition coefficient (Wildman–Crippen LogP) is 0.977. The molecule has 0 radical (unpaired) electrons. The molecular weight excluding hydrogens is 328 g/mol. The molecule has 0 saturated heterocycles. The van der Waals surface area contributed by atoms with Gasteiger partial charge in [-0.05, 0) is 18.1 Å². The van der Waals surface area contributed by atoms with Crippen LogP contribution in [0.25, 0.3) is 0 Å². The van der Waals surface area contributed by atoms with Gasteiger partial charge in [0.25, 0.3) is 10.2 Å². The molecule has 0 unspecified atom stereocenters. The van der Waals surface area contributed by atoms with E-state index in [0.29, 0.717) is 25.2 Å². The third kappa shape index (κ3) is 3.23. The van der Waals surface area contributed by atoms with Crippen LogP contribution >= 0.6 is 0 Å². The zero-order chi connectivity index (χ0) is 17.3. The highest BCUT2D eigenvalue weighted by Gasteiger charge is 2.28. The van der Waals surface area contributed by atoms with Gasteiger partial charge in [-0.25, -0.2) is 0 Å². The summed E-state index contributed by atoms with van der Waals surface area (Å²) in [5.74, 6) is 0. The molecule has 1 aromatic heterocycles. The standard InChI is InChI=1S/C16H22N4O3S/c1-18(2)24(22,23)19-9-6-10-20-14(12-19)11-15(17-20)16(21)13-7-4-3-5-8-13/h3-5,7-8,11,16,21H,6,9-10,12H2,1-2H3/t16-/m1/s1. The molecule has 2 heterocycles. The second-order valence-corrected chi connectivity index (χ2v) is 8.22. The summed E-state index contributed by atoms with van der Waals surface area (Å²) in [5, 5.41) is 15.0. The molecular formula is C16H22N4O3S. The Morgan fingerprint density at radius 1 is 1.21 bits per heavy atom. The maximum Gasteiger partial charge on any atom is 0.281 e. The van der Waals surface area contributed by atoms with Crippen molar-refractivity contribution in [2.24, 2.45) is 0 Å². The van der Waals surface area contributed by atoms with Gasteiger partial charge in [0.05, 0.1) is 17.9 Å². The summed E-state index contributed by atoms with van der Waals surface area (Å²) in [6, 6.07) is 11.1. The van der Waals surface area contributed by atoms with Crippen molar-refractivity contribution in [3.05, 3.63) is 53.3 Å². The molecule has 1 aliphatic heterocycles. The Morgan fingerprint density at radius 3 is 2.58 bits per heavy atom. The Labute approximate surface area is 142 Å². The highest BCUT2D eigenvalue weighted by atomic mass is 32.2. The van der Waals surface area contributed by atoms with Crippen molar-refractivity contribution >= 4 is 10.2 Å². The quantitative estimate of drug-likeness (QED) is 0.891. The third-order valence-corrected chi connectivity index (χ3v) is 6.07. The van der Waals surface area contributed by atoms with Crippen molar-refractivity contribution in [1.29, 1.82) is 0 Å². The number of aliphatic hydroxyl groups excluding tert-OH is 1. The van der Waals surface area contributed by atoms with Gasteiger partial charge in [-0.15, -0.1) is 0 Å². The van der Waals surface area contributed by atoms with E-state index in [1.807, 2.05) is 30.3 Å². The summed E-state index contributed by atoms with van der Waals surface area (Å²) >= 11 is 0. The van der Waals surface area contributed by atoms with E-state index in [4.69, 9.17) is 0 Å². The van der Waals surface area contributed by atoms with Crippen LogP contribution in [-0.2, 0) is 23.3 Å². The molecule has 0 amide bonds. The van der Waals surface area contributed by atoms with Gasteiger partial charge < -0.3 is 5.11 Å². The minimum atomic E-state index is -3.47. The fraction of sp³-hybridized carbons (Fsp3) is 0.438. The lowest BCUT2D eigenvalue weighted by Gasteiger charge is -2.23. The molecule has 0 spiro atoms. The molecule has 1 aliphatic rings. The number of fused-ring (bicyclic) bond motifs is 1. The van der Waals surface area contributed by atoms with E-state index in [1.165, 1.54) is 22.7 Å². The van der Waals surface area contributed by atoms with Crippen LogP contribution in [0.1, 0.15) is 29.5 Å². The topological polar surface area (TPSA) is 78.7 Å². The second-order valence-electron chi connectivity index (χ2n) is 6.07. The van der Waals surface area contributed by atoms with Gasteiger partial charge in [-0.2, -0.15) is 22.1 Å². The van der Waals surface area contributed by atoms with E-state index in [1.54, 1.807) is 10.7 Å². The smallest absolute Gasteiger partial charge is 0.281 e. The van der Waals surface area contributed by atoms with Crippen molar-refractivity contribution in [2.45, 2.75) is 25.6 Å². The third-order valence-electron chi connectivity index (χ3n) is 4.18. The number of benzene rings is 1. The van der Waals surface area contributed by atoms with Crippen LogP contribution < -0.4 is 0 Å². The first-order valence-electron chi connectivity index (χ1n) is 7.87. The van der Waals surface area contributed by atoms with E-state index < -0.39 is 16.3 Å². The van der Waals surface area contributed by atoms with Gasteiger partial charge in [0, 0.05) is 27.2 Å². The first kappa shape index (κ1) is 17.1. The number of hydrogen-bond donors (Lipinski definition) is 1. The number of nitrogens with zero attached hydrogens (tertiary/aromatic N) is 4. The van der Waals surface area contributed by atoms with Crippen molar-refractivity contribution in [1.82, 2.24) is 18.4 Å². The predicted molar refractivity (Wildman–Crippen MR) is 90.4 cm³/mol. The Morgan fingerprint density at radius 2 is 1.92 bits per heavy atom. The van der Waals surface area contributed by atoms with Crippen molar-refractivity contribution in [3.63, 3.8) is 0 Å². The number of rotatable bonds is 4. The van der Waals surface area contributed by atoms with E-state index in [2.05, 4.69) is 5.10 Å². The molecule has 0 fully saturated rings. The molecule has 0 saturated carbocycles. The largest absolute Gasteiger partial charge is 0.382 e. The average molecular weight is 350 g/mol. The first-order chi connectivity index (χ1) is 11.4. The molecule has 1 aromatic carbocycles. The van der Waals surface area contributed by atoms with Crippen molar-refractivity contribution in [3.8, 4) is 0 Å². The Balaban J connectivity index is 1.88. The van der Waals surface area contributed by atoms with Gasteiger partial charge in [0.1, 0.15) is 6.10 Å². The molecule has 1 atom stereocenters. The van der Waals surface area contributed by atoms with E-state index >= 15 is 0 Å². The fourth-order valence-electron chi connectivity index (χ4n) is 2.82. The summed E-state index contributed by atoms with van der Waals surface area (Å²) in [6.45, 7) is 1.35. The van der Waals surface area contributed by atoms with E-state index in [0.717, 1.165) is 11.3 Å². The number of hydrogen-bond acceptors (Lipinski definition) is 4. The summed E-state index contributed by atoms with van der Waals surface area (Å²) in [7, 11) is -0.406. The highest BCUT2D eigenvalue weighted by Crippen LogP contribution is 2.24. The summed E-state index contributed by atoms with van der Waals surface area (Å²) in [4.78, 5) is 0. The van der Waals surface area contributed by atoms with E-state index in [9.17, 15) is 13.5 Å². The number of aryl methyl sites for hydroxylation is 1. The molecule has 2 aromatic rings. The normalized spacial score (nSPS) is 17.5. The van der Waals surface area contributed by atoms with Crippen LogP contribution in [0.4, 0.5) is 0 Å². The van der Waals surface area contributed by atoms with Gasteiger partial charge in [-0.3, -0.25) is 4.68 Å². The van der Waals surface area contributed by atoms with Gasteiger partial charge in [-0.1, -0.05) is 30.3 Å². The SMILES string of the molecule is CN(C)S(=O)(=O)N1CCCn2nc([C@H](O)c3ccccc3)cc2C1. The zero-order valence-electron chi connectivity index (χ0n) is 13.8. The van der Waals surface area contributed by atoms with Crippen molar-refractivity contribution in [2.75, 3.05) is 20.6 Å². The lowest BCUT2D eigenvalue weighted by molar-refractivity contribution is 0.214. The minimum absolute atomic E-state index is 0.259. The van der Waals surface area contributed by atoms with Crippen LogP contribution in [-0.4, -0.2) is 52.6 Å². The minimum Gasteiger partial charge on any atom is -0.382 e.